The number of anilines is 1. The number of hydrazone groups is 1. The van der Waals surface area contributed by atoms with E-state index in [0.717, 1.165) is 16.8 Å². The lowest BCUT2D eigenvalue weighted by atomic mass is 10.1. The van der Waals surface area contributed by atoms with Gasteiger partial charge in [0.2, 0.25) is 0 Å². The molecule has 0 radical (unpaired) electrons. The van der Waals surface area contributed by atoms with Crippen LogP contribution in [0.1, 0.15) is 29.2 Å². The minimum atomic E-state index is -0.294. The van der Waals surface area contributed by atoms with Gasteiger partial charge in [0.1, 0.15) is 11.5 Å². The van der Waals surface area contributed by atoms with Crippen molar-refractivity contribution in [3.05, 3.63) is 52.6 Å². The van der Waals surface area contributed by atoms with Crippen molar-refractivity contribution in [2.45, 2.75) is 27.7 Å². The molecule has 132 valence electrons. The average molecular weight is 341 g/mol. The molecule has 4 N–H and O–H groups in total. The van der Waals surface area contributed by atoms with Crippen LogP contribution in [0.3, 0.4) is 0 Å². The van der Waals surface area contributed by atoms with Crippen molar-refractivity contribution in [3.8, 4) is 11.5 Å². The highest BCUT2D eigenvalue weighted by Crippen LogP contribution is 2.23. The molecule has 2 rings (SSSR count). The van der Waals surface area contributed by atoms with Crippen molar-refractivity contribution in [2.24, 2.45) is 5.10 Å². The standard InChI is InChI=1S/C19H23N3O3/c1-11-7-12(2)19(13(3)8-11)20-10-18(25)22-21-14(4)16-6-5-15(23)9-17(16)24/h5-9,20,23-24H,10H2,1-4H3,(H,22,25)/b21-14+. The summed E-state index contributed by atoms with van der Waals surface area (Å²) in [6.45, 7) is 7.77. The summed E-state index contributed by atoms with van der Waals surface area (Å²) in [5.74, 6) is -0.428. The molecule has 1 amide bonds. The third-order valence-corrected chi connectivity index (χ3v) is 3.82. The Kier molecular flexibility index (Phi) is 5.64. The highest BCUT2D eigenvalue weighted by molar-refractivity contribution is 6.01. The third kappa shape index (κ3) is 4.73. The summed E-state index contributed by atoms with van der Waals surface area (Å²) in [5, 5.41) is 26.2. The molecule has 0 saturated carbocycles. The molecule has 0 aliphatic carbocycles. The van der Waals surface area contributed by atoms with Crippen LogP contribution in [0.4, 0.5) is 5.69 Å². The van der Waals surface area contributed by atoms with Gasteiger partial charge in [-0.3, -0.25) is 4.79 Å². The first-order valence-corrected chi connectivity index (χ1v) is 7.95. The number of carbonyl (C=O) groups is 1. The topological polar surface area (TPSA) is 94.0 Å². The molecule has 0 fully saturated rings. The molecular weight excluding hydrogens is 318 g/mol. The van der Waals surface area contributed by atoms with Gasteiger partial charge in [-0.2, -0.15) is 5.10 Å². The Morgan fingerprint density at radius 1 is 1.08 bits per heavy atom. The van der Waals surface area contributed by atoms with E-state index in [4.69, 9.17) is 0 Å². The van der Waals surface area contributed by atoms with E-state index < -0.39 is 0 Å². The smallest absolute Gasteiger partial charge is 0.259 e. The quantitative estimate of drug-likeness (QED) is 0.497. The Balaban J connectivity index is 1.99. The van der Waals surface area contributed by atoms with Crippen LogP contribution >= 0.6 is 0 Å². The second-order valence-electron chi connectivity index (χ2n) is 6.06. The maximum atomic E-state index is 12.0. The van der Waals surface area contributed by atoms with Gasteiger partial charge >= 0.3 is 0 Å². The van der Waals surface area contributed by atoms with Gasteiger partial charge < -0.3 is 15.5 Å². The van der Waals surface area contributed by atoms with Gasteiger partial charge in [-0.15, -0.1) is 0 Å². The van der Waals surface area contributed by atoms with Crippen molar-refractivity contribution in [1.82, 2.24) is 5.43 Å². The summed E-state index contributed by atoms with van der Waals surface area (Å²) < 4.78 is 0. The summed E-state index contributed by atoms with van der Waals surface area (Å²) in [5.41, 5.74) is 7.62. The molecule has 0 unspecified atom stereocenters. The molecule has 0 aliphatic heterocycles. The number of carbonyl (C=O) groups excluding carboxylic acids is 1. The second kappa shape index (κ2) is 7.70. The number of nitrogens with one attached hydrogen (secondary N) is 2. The fourth-order valence-electron chi connectivity index (χ4n) is 2.70. The molecule has 2 aromatic rings. The van der Waals surface area contributed by atoms with Gasteiger partial charge in [0, 0.05) is 17.3 Å². The number of phenols is 2. The van der Waals surface area contributed by atoms with Crippen LogP contribution in [0.15, 0.2) is 35.4 Å². The Morgan fingerprint density at radius 3 is 2.32 bits per heavy atom. The number of benzene rings is 2. The van der Waals surface area contributed by atoms with Gasteiger partial charge in [-0.1, -0.05) is 17.7 Å². The fourth-order valence-corrected chi connectivity index (χ4v) is 2.70. The summed E-state index contributed by atoms with van der Waals surface area (Å²) in [6.07, 6.45) is 0. The summed E-state index contributed by atoms with van der Waals surface area (Å²) in [4.78, 5) is 12.0. The molecule has 0 spiro atoms. The van der Waals surface area contributed by atoms with Crippen LogP contribution in [-0.2, 0) is 4.79 Å². The van der Waals surface area contributed by atoms with Gasteiger partial charge in [0.15, 0.2) is 0 Å². The molecule has 6 heteroatoms. The molecular formula is C19H23N3O3. The Labute approximate surface area is 147 Å². The normalized spacial score (nSPS) is 11.3. The summed E-state index contributed by atoms with van der Waals surface area (Å²) in [7, 11) is 0. The second-order valence-corrected chi connectivity index (χ2v) is 6.06. The first-order chi connectivity index (χ1) is 11.8. The van der Waals surface area contributed by atoms with Crippen LogP contribution in [-0.4, -0.2) is 28.4 Å². The molecule has 0 aromatic heterocycles. The first-order valence-electron chi connectivity index (χ1n) is 7.95. The zero-order valence-corrected chi connectivity index (χ0v) is 14.8. The SMILES string of the molecule is C/C(=N\NC(=O)CNc1c(C)cc(C)cc1C)c1ccc(O)cc1O. The maximum Gasteiger partial charge on any atom is 0.259 e. The number of aromatic hydroxyl groups is 2. The number of rotatable bonds is 5. The molecule has 0 heterocycles. The molecule has 2 aromatic carbocycles. The van der Waals surface area contributed by atoms with E-state index >= 15 is 0 Å². The summed E-state index contributed by atoms with van der Waals surface area (Å²) >= 11 is 0. The molecule has 0 aliphatic rings. The van der Waals surface area contributed by atoms with Crippen LogP contribution in [0.2, 0.25) is 0 Å². The molecule has 25 heavy (non-hydrogen) atoms. The fraction of sp³-hybridized carbons (Fsp3) is 0.263. The molecule has 0 atom stereocenters. The predicted octanol–water partition coefficient (Wildman–Crippen LogP) is 2.98. The van der Waals surface area contributed by atoms with Crippen LogP contribution in [0.25, 0.3) is 0 Å². The van der Waals surface area contributed by atoms with Crippen molar-refractivity contribution in [2.75, 3.05) is 11.9 Å². The van der Waals surface area contributed by atoms with E-state index in [1.165, 1.54) is 23.8 Å². The van der Waals surface area contributed by atoms with Gasteiger partial charge in [-0.25, -0.2) is 5.43 Å². The maximum absolute atomic E-state index is 12.0. The molecule has 0 saturated heterocycles. The van der Waals surface area contributed by atoms with E-state index in [1.54, 1.807) is 6.92 Å². The zero-order valence-electron chi connectivity index (χ0n) is 14.8. The van der Waals surface area contributed by atoms with Crippen molar-refractivity contribution >= 4 is 17.3 Å². The summed E-state index contributed by atoms with van der Waals surface area (Å²) in [6, 6.07) is 8.32. The zero-order chi connectivity index (χ0) is 18.6. The van der Waals surface area contributed by atoms with Gasteiger partial charge in [-0.05, 0) is 51.0 Å². The molecule has 0 bridgehead atoms. The minimum Gasteiger partial charge on any atom is -0.508 e. The lowest BCUT2D eigenvalue weighted by molar-refractivity contribution is -0.119. The highest BCUT2D eigenvalue weighted by Gasteiger charge is 2.08. The lowest BCUT2D eigenvalue weighted by Crippen LogP contribution is -2.27. The van der Waals surface area contributed by atoms with E-state index in [2.05, 4.69) is 28.0 Å². The minimum absolute atomic E-state index is 0.0360. The Morgan fingerprint density at radius 2 is 1.72 bits per heavy atom. The number of amides is 1. The molecule has 6 nitrogen and oxygen atoms in total. The number of nitrogens with zero attached hydrogens (tertiary/aromatic N) is 1. The number of hydrogen-bond donors (Lipinski definition) is 4. The Bertz CT molecular complexity index is 806. The average Bonchev–Trinajstić information content (AvgIpc) is 2.51. The van der Waals surface area contributed by atoms with Crippen molar-refractivity contribution in [3.63, 3.8) is 0 Å². The van der Waals surface area contributed by atoms with E-state index in [1.807, 2.05) is 20.8 Å². The lowest BCUT2D eigenvalue weighted by Gasteiger charge is -2.13. The highest BCUT2D eigenvalue weighted by atomic mass is 16.3. The van der Waals surface area contributed by atoms with Crippen LogP contribution < -0.4 is 10.7 Å². The van der Waals surface area contributed by atoms with E-state index in [9.17, 15) is 15.0 Å². The van der Waals surface area contributed by atoms with Crippen LogP contribution in [0.5, 0.6) is 11.5 Å². The van der Waals surface area contributed by atoms with Crippen LogP contribution in [0, 0.1) is 20.8 Å². The predicted molar refractivity (Wildman–Crippen MR) is 99.3 cm³/mol. The van der Waals surface area contributed by atoms with Crippen molar-refractivity contribution in [1.29, 1.82) is 0 Å². The number of phenolic OH excluding ortho intramolecular Hbond substituents is 2. The Hall–Kier alpha value is -3.02. The third-order valence-electron chi connectivity index (χ3n) is 3.82. The largest absolute Gasteiger partial charge is 0.508 e. The monoisotopic (exact) mass is 341 g/mol. The van der Waals surface area contributed by atoms with E-state index in [-0.39, 0.29) is 24.0 Å². The number of aryl methyl sites for hydroxylation is 3. The van der Waals surface area contributed by atoms with Gasteiger partial charge in [0.05, 0.1) is 12.3 Å². The first kappa shape index (κ1) is 18.3. The number of hydrogen-bond acceptors (Lipinski definition) is 5. The van der Waals surface area contributed by atoms with E-state index in [0.29, 0.717) is 11.3 Å². The van der Waals surface area contributed by atoms with Crippen molar-refractivity contribution < 1.29 is 15.0 Å². The van der Waals surface area contributed by atoms with Gasteiger partial charge in [0.25, 0.3) is 5.91 Å².